The molecule has 10 heavy (non-hydrogen) atoms. The maximum atomic E-state index is 2.45. The summed E-state index contributed by atoms with van der Waals surface area (Å²) >= 11 is 0. The molecule has 0 aromatic heterocycles. The SMILES string of the molecule is C[C@@H]1CCC2CCCC[C@@H]21. The van der Waals surface area contributed by atoms with Gasteiger partial charge in [0, 0.05) is 0 Å². The number of hydrogen-bond donors (Lipinski definition) is 0. The normalized spacial score (nSPS) is 47.1. The standard InChI is InChI=1S/C10H18/c1-8-6-7-9-4-2-3-5-10(8)9/h8-10H,2-7H2,1H3/t8-,9?,10-/m1/s1. The molecule has 0 aromatic rings. The van der Waals surface area contributed by atoms with Crippen molar-refractivity contribution in [1.29, 1.82) is 0 Å². The van der Waals surface area contributed by atoms with Crippen LogP contribution in [-0.2, 0) is 0 Å². The molecule has 0 nitrogen and oxygen atoms in total. The molecule has 0 aromatic carbocycles. The summed E-state index contributed by atoms with van der Waals surface area (Å²) in [6.07, 6.45) is 9.21. The molecule has 0 N–H and O–H groups in total. The fraction of sp³-hybridized carbons (Fsp3) is 1.00. The Morgan fingerprint density at radius 2 is 1.70 bits per heavy atom. The summed E-state index contributed by atoms with van der Waals surface area (Å²) in [5.74, 6) is 3.34. The molecule has 0 saturated heterocycles. The van der Waals surface area contributed by atoms with Crippen molar-refractivity contribution in [2.75, 3.05) is 0 Å². The third kappa shape index (κ3) is 0.980. The van der Waals surface area contributed by atoms with E-state index in [-0.39, 0.29) is 0 Å². The third-order valence-electron chi connectivity index (χ3n) is 3.69. The first kappa shape index (κ1) is 6.69. The Morgan fingerprint density at radius 1 is 0.900 bits per heavy atom. The average Bonchev–Trinajstić information content (AvgIpc) is 2.34. The van der Waals surface area contributed by atoms with E-state index in [0.717, 1.165) is 17.8 Å². The largest absolute Gasteiger partial charge is 0.0622 e. The molecule has 3 atom stereocenters. The van der Waals surface area contributed by atoms with E-state index in [0.29, 0.717) is 0 Å². The second kappa shape index (κ2) is 2.56. The summed E-state index contributed by atoms with van der Waals surface area (Å²) in [5.41, 5.74) is 0. The van der Waals surface area contributed by atoms with Crippen LogP contribution in [0.2, 0.25) is 0 Å². The van der Waals surface area contributed by atoms with Gasteiger partial charge in [-0.3, -0.25) is 0 Å². The van der Waals surface area contributed by atoms with Gasteiger partial charge in [0.25, 0.3) is 0 Å². The van der Waals surface area contributed by atoms with Crippen molar-refractivity contribution in [3.63, 3.8) is 0 Å². The molecular weight excluding hydrogens is 120 g/mol. The van der Waals surface area contributed by atoms with E-state index in [1.165, 1.54) is 19.3 Å². The van der Waals surface area contributed by atoms with Gasteiger partial charge in [0.05, 0.1) is 0 Å². The van der Waals surface area contributed by atoms with Crippen LogP contribution in [0.5, 0.6) is 0 Å². The quantitative estimate of drug-likeness (QED) is 0.482. The van der Waals surface area contributed by atoms with Crippen molar-refractivity contribution in [3.8, 4) is 0 Å². The first-order chi connectivity index (χ1) is 4.88. The van der Waals surface area contributed by atoms with Gasteiger partial charge in [0.15, 0.2) is 0 Å². The van der Waals surface area contributed by atoms with Crippen molar-refractivity contribution >= 4 is 0 Å². The van der Waals surface area contributed by atoms with Crippen LogP contribution in [0, 0.1) is 17.8 Å². The van der Waals surface area contributed by atoms with Crippen LogP contribution in [0.1, 0.15) is 45.4 Å². The fourth-order valence-electron chi connectivity index (χ4n) is 3.03. The average molecular weight is 138 g/mol. The Balaban J connectivity index is 2.01. The first-order valence-corrected chi connectivity index (χ1v) is 4.88. The summed E-state index contributed by atoms with van der Waals surface area (Å²) in [4.78, 5) is 0. The van der Waals surface area contributed by atoms with Crippen LogP contribution < -0.4 is 0 Å². The van der Waals surface area contributed by atoms with Gasteiger partial charge in [-0.1, -0.05) is 32.6 Å². The van der Waals surface area contributed by atoms with E-state index in [1.807, 2.05) is 0 Å². The second-order valence-electron chi connectivity index (χ2n) is 4.26. The van der Waals surface area contributed by atoms with E-state index in [9.17, 15) is 0 Å². The van der Waals surface area contributed by atoms with Crippen molar-refractivity contribution in [3.05, 3.63) is 0 Å². The van der Waals surface area contributed by atoms with Gasteiger partial charge in [-0.2, -0.15) is 0 Å². The predicted octanol–water partition coefficient (Wildman–Crippen LogP) is 3.22. The Labute approximate surface area is 64.0 Å². The van der Waals surface area contributed by atoms with Crippen LogP contribution in [0.25, 0.3) is 0 Å². The van der Waals surface area contributed by atoms with E-state index >= 15 is 0 Å². The lowest BCUT2D eigenvalue weighted by molar-refractivity contribution is 0.238. The van der Waals surface area contributed by atoms with Crippen molar-refractivity contribution in [1.82, 2.24) is 0 Å². The highest BCUT2D eigenvalue weighted by Crippen LogP contribution is 2.45. The molecule has 2 fully saturated rings. The highest BCUT2D eigenvalue weighted by molar-refractivity contribution is 4.85. The zero-order valence-corrected chi connectivity index (χ0v) is 6.97. The van der Waals surface area contributed by atoms with Crippen LogP contribution in [0.4, 0.5) is 0 Å². The van der Waals surface area contributed by atoms with Gasteiger partial charge in [0.1, 0.15) is 0 Å². The molecule has 2 aliphatic carbocycles. The summed E-state index contributed by atoms with van der Waals surface area (Å²) < 4.78 is 0. The zero-order valence-electron chi connectivity index (χ0n) is 6.97. The lowest BCUT2D eigenvalue weighted by atomic mass is 9.79. The monoisotopic (exact) mass is 138 g/mol. The predicted molar refractivity (Wildman–Crippen MR) is 43.8 cm³/mol. The van der Waals surface area contributed by atoms with Crippen molar-refractivity contribution in [2.45, 2.75) is 45.4 Å². The van der Waals surface area contributed by atoms with Gasteiger partial charge in [-0.25, -0.2) is 0 Å². The fourth-order valence-corrected chi connectivity index (χ4v) is 3.03. The highest BCUT2D eigenvalue weighted by atomic mass is 14.4. The molecule has 58 valence electrons. The molecule has 0 heteroatoms. The number of rotatable bonds is 0. The van der Waals surface area contributed by atoms with Gasteiger partial charge in [-0.05, 0) is 30.6 Å². The lowest BCUT2D eigenvalue weighted by Gasteiger charge is -2.27. The Morgan fingerprint density at radius 3 is 2.50 bits per heavy atom. The van der Waals surface area contributed by atoms with E-state index < -0.39 is 0 Å². The Bertz CT molecular complexity index is 115. The van der Waals surface area contributed by atoms with Gasteiger partial charge in [0.2, 0.25) is 0 Å². The minimum atomic E-state index is 1.06. The first-order valence-electron chi connectivity index (χ1n) is 4.88. The third-order valence-corrected chi connectivity index (χ3v) is 3.69. The molecule has 2 rings (SSSR count). The minimum absolute atomic E-state index is 1.06. The van der Waals surface area contributed by atoms with E-state index in [2.05, 4.69) is 6.92 Å². The summed E-state index contributed by atoms with van der Waals surface area (Å²) in [5, 5.41) is 0. The number of hydrogen-bond acceptors (Lipinski definition) is 0. The summed E-state index contributed by atoms with van der Waals surface area (Å²) in [6, 6.07) is 0. The van der Waals surface area contributed by atoms with Crippen molar-refractivity contribution in [2.24, 2.45) is 17.8 Å². The smallest absolute Gasteiger partial charge is 0.0360 e. The topological polar surface area (TPSA) is 0 Å². The zero-order chi connectivity index (χ0) is 6.97. The minimum Gasteiger partial charge on any atom is -0.0622 e. The molecule has 2 saturated carbocycles. The van der Waals surface area contributed by atoms with Gasteiger partial charge >= 0.3 is 0 Å². The summed E-state index contributed by atoms with van der Waals surface area (Å²) in [7, 11) is 0. The Hall–Kier alpha value is 0. The van der Waals surface area contributed by atoms with Crippen LogP contribution in [-0.4, -0.2) is 0 Å². The summed E-state index contributed by atoms with van der Waals surface area (Å²) in [6.45, 7) is 2.45. The lowest BCUT2D eigenvalue weighted by Crippen LogP contribution is -2.17. The number of fused-ring (bicyclic) bond motifs is 1. The molecule has 2 aliphatic rings. The van der Waals surface area contributed by atoms with Gasteiger partial charge in [-0.15, -0.1) is 0 Å². The van der Waals surface area contributed by atoms with Gasteiger partial charge < -0.3 is 0 Å². The second-order valence-corrected chi connectivity index (χ2v) is 4.26. The maximum Gasteiger partial charge on any atom is -0.0360 e. The molecule has 0 heterocycles. The van der Waals surface area contributed by atoms with Crippen LogP contribution >= 0.6 is 0 Å². The molecule has 0 aliphatic heterocycles. The van der Waals surface area contributed by atoms with Crippen molar-refractivity contribution < 1.29 is 0 Å². The molecule has 0 bridgehead atoms. The molecule has 0 radical (unpaired) electrons. The molecule has 0 amide bonds. The molecule has 0 spiro atoms. The molecule has 1 unspecified atom stereocenters. The maximum absolute atomic E-state index is 2.45. The Kier molecular flexibility index (Phi) is 1.71. The van der Waals surface area contributed by atoms with E-state index in [1.54, 1.807) is 19.3 Å². The highest BCUT2D eigenvalue weighted by Gasteiger charge is 2.34. The van der Waals surface area contributed by atoms with E-state index in [4.69, 9.17) is 0 Å². The van der Waals surface area contributed by atoms with Crippen LogP contribution in [0.15, 0.2) is 0 Å². The van der Waals surface area contributed by atoms with Crippen LogP contribution in [0.3, 0.4) is 0 Å². The molecular formula is C10H18.